The quantitative estimate of drug-likeness (QED) is 0.869. The van der Waals surface area contributed by atoms with Crippen molar-refractivity contribution in [2.45, 2.75) is 32.2 Å². The van der Waals surface area contributed by atoms with E-state index >= 15 is 0 Å². The Kier molecular flexibility index (Phi) is 6.01. The molecule has 1 heterocycles. The third-order valence-corrected chi connectivity index (χ3v) is 4.02. The zero-order chi connectivity index (χ0) is 16.9. The maximum absolute atomic E-state index is 12.5. The Hall–Kier alpha value is -1.60. The molecule has 0 spiro atoms. The van der Waals surface area contributed by atoms with Crippen molar-refractivity contribution in [1.29, 1.82) is 0 Å². The lowest BCUT2D eigenvalue weighted by Gasteiger charge is -2.32. The van der Waals surface area contributed by atoms with Crippen molar-refractivity contribution < 1.29 is 23.1 Å². The van der Waals surface area contributed by atoms with E-state index in [2.05, 4.69) is 5.32 Å². The molecule has 7 heteroatoms. The lowest BCUT2D eigenvalue weighted by atomic mass is 9.97. The minimum atomic E-state index is -4.24. The van der Waals surface area contributed by atoms with E-state index in [1.165, 1.54) is 4.90 Å². The Morgan fingerprint density at radius 2 is 2.00 bits per heavy atom. The van der Waals surface area contributed by atoms with Crippen LogP contribution in [0.2, 0.25) is 0 Å². The lowest BCUT2D eigenvalue weighted by molar-refractivity contribution is -0.152. The van der Waals surface area contributed by atoms with Crippen molar-refractivity contribution in [2.75, 3.05) is 19.6 Å². The number of benzene rings is 1. The van der Waals surface area contributed by atoms with Crippen molar-refractivity contribution in [3.8, 4) is 0 Å². The van der Waals surface area contributed by atoms with Crippen LogP contribution in [0, 0.1) is 5.92 Å². The topological polar surface area (TPSA) is 52.6 Å². The molecule has 4 nitrogen and oxygen atoms in total. The zero-order valence-corrected chi connectivity index (χ0v) is 12.8. The van der Waals surface area contributed by atoms with E-state index in [-0.39, 0.29) is 25.6 Å². The van der Waals surface area contributed by atoms with Crippen LogP contribution < -0.4 is 5.32 Å². The molecule has 1 aliphatic heterocycles. The van der Waals surface area contributed by atoms with Crippen LogP contribution in [0.25, 0.3) is 0 Å². The number of halogens is 3. The van der Waals surface area contributed by atoms with Crippen molar-refractivity contribution in [3.05, 3.63) is 35.4 Å². The average Bonchev–Trinajstić information content (AvgIpc) is 2.51. The predicted molar refractivity (Wildman–Crippen MR) is 79.4 cm³/mol. The van der Waals surface area contributed by atoms with Gasteiger partial charge in [0.2, 0.25) is 5.91 Å². The number of alkyl halides is 3. The van der Waals surface area contributed by atoms with Crippen LogP contribution in [0.4, 0.5) is 13.2 Å². The van der Waals surface area contributed by atoms with E-state index < -0.39 is 18.6 Å². The van der Waals surface area contributed by atoms with E-state index in [0.29, 0.717) is 19.4 Å². The Morgan fingerprint density at radius 1 is 1.30 bits per heavy atom. The summed E-state index contributed by atoms with van der Waals surface area (Å²) >= 11 is 0. The monoisotopic (exact) mass is 330 g/mol. The van der Waals surface area contributed by atoms with Crippen LogP contribution in [0.15, 0.2) is 24.3 Å². The summed E-state index contributed by atoms with van der Waals surface area (Å²) < 4.78 is 37.4. The van der Waals surface area contributed by atoms with Crippen LogP contribution in [-0.2, 0) is 17.9 Å². The largest absolute Gasteiger partial charge is 0.401 e. The van der Waals surface area contributed by atoms with E-state index in [1.807, 2.05) is 12.1 Å². The van der Waals surface area contributed by atoms with Crippen molar-refractivity contribution in [3.63, 3.8) is 0 Å². The SMILES string of the molecule is O=C(NCc1ccccc1CO)C1CCCN(CC(F)(F)F)C1. The summed E-state index contributed by atoms with van der Waals surface area (Å²) in [6, 6.07) is 7.19. The number of carbonyl (C=O) groups is 1. The number of hydrogen-bond acceptors (Lipinski definition) is 3. The molecule has 2 N–H and O–H groups in total. The van der Waals surface area contributed by atoms with Crippen LogP contribution >= 0.6 is 0 Å². The third-order valence-electron chi connectivity index (χ3n) is 4.02. The fraction of sp³-hybridized carbons (Fsp3) is 0.562. The Bertz CT molecular complexity index is 534. The second-order valence-corrected chi connectivity index (χ2v) is 5.83. The smallest absolute Gasteiger partial charge is 0.392 e. The fourth-order valence-electron chi connectivity index (χ4n) is 2.88. The Morgan fingerprint density at radius 3 is 2.65 bits per heavy atom. The number of likely N-dealkylation sites (tertiary alicyclic amines) is 1. The second-order valence-electron chi connectivity index (χ2n) is 5.83. The first-order valence-corrected chi connectivity index (χ1v) is 7.63. The first-order valence-electron chi connectivity index (χ1n) is 7.63. The molecule has 2 rings (SSSR count). The van der Waals surface area contributed by atoms with Gasteiger partial charge in [0.1, 0.15) is 0 Å². The molecule has 0 aromatic heterocycles. The molecule has 1 aromatic carbocycles. The van der Waals surface area contributed by atoms with Gasteiger partial charge in [-0.05, 0) is 30.5 Å². The average molecular weight is 330 g/mol. The van der Waals surface area contributed by atoms with E-state index in [0.717, 1.165) is 11.1 Å². The van der Waals surface area contributed by atoms with Crippen LogP contribution in [0.1, 0.15) is 24.0 Å². The molecule has 1 unspecified atom stereocenters. The summed E-state index contributed by atoms with van der Waals surface area (Å²) in [5.74, 6) is -0.656. The molecule has 128 valence electrons. The Balaban J connectivity index is 1.87. The van der Waals surface area contributed by atoms with Gasteiger partial charge in [-0.15, -0.1) is 0 Å². The van der Waals surface area contributed by atoms with Gasteiger partial charge in [-0.1, -0.05) is 24.3 Å². The van der Waals surface area contributed by atoms with Crippen molar-refractivity contribution >= 4 is 5.91 Å². The second kappa shape index (κ2) is 7.79. The normalized spacial score (nSPS) is 19.6. The van der Waals surface area contributed by atoms with Gasteiger partial charge in [0.05, 0.1) is 19.1 Å². The minimum Gasteiger partial charge on any atom is -0.392 e. The van der Waals surface area contributed by atoms with E-state index in [9.17, 15) is 23.1 Å². The highest BCUT2D eigenvalue weighted by atomic mass is 19.4. The van der Waals surface area contributed by atoms with E-state index in [1.54, 1.807) is 12.1 Å². The number of hydrogen-bond donors (Lipinski definition) is 2. The molecule has 23 heavy (non-hydrogen) atoms. The van der Waals surface area contributed by atoms with Gasteiger partial charge in [0.15, 0.2) is 0 Å². The van der Waals surface area contributed by atoms with Gasteiger partial charge < -0.3 is 10.4 Å². The van der Waals surface area contributed by atoms with Gasteiger partial charge in [-0.3, -0.25) is 9.69 Å². The van der Waals surface area contributed by atoms with Gasteiger partial charge in [-0.2, -0.15) is 13.2 Å². The molecule has 1 amide bonds. The summed E-state index contributed by atoms with van der Waals surface area (Å²) in [7, 11) is 0. The highest BCUT2D eigenvalue weighted by Crippen LogP contribution is 2.22. The molecule has 0 bridgehead atoms. The van der Waals surface area contributed by atoms with Gasteiger partial charge >= 0.3 is 6.18 Å². The minimum absolute atomic E-state index is 0.116. The molecular weight excluding hydrogens is 309 g/mol. The molecule has 1 aromatic rings. The molecule has 0 radical (unpaired) electrons. The van der Waals surface area contributed by atoms with Crippen LogP contribution in [0.5, 0.6) is 0 Å². The maximum atomic E-state index is 12.5. The van der Waals surface area contributed by atoms with Gasteiger partial charge in [-0.25, -0.2) is 0 Å². The molecule has 1 aliphatic rings. The Labute approximate surface area is 133 Å². The number of carbonyl (C=O) groups excluding carboxylic acids is 1. The maximum Gasteiger partial charge on any atom is 0.401 e. The highest BCUT2D eigenvalue weighted by molar-refractivity contribution is 5.79. The molecule has 0 saturated carbocycles. The van der Waals surface area contributed by atoms with E-state index in [4.69, 9.17) is 0 Å². The van der Waals surface area contributed by atoms with Gasteiger partial charge in [0.25, 0.3) is 0 Å². The van der Waals surface area contributed by atoms with Crippen LogP contribution in [0.3, 0.4) is 0 Å². The molecular formula is C16H21F3N2O2. The van der Waals surface area contributed by atoms with Crippen molar-refractivity contribution in [1.82, 2.24) is 10.2 Å². The number of amides is 1. The molecule has 1 atom stereocenters. The first-order chi connectivity index (χ1) is 10.9. The van der Waals surface area contributed by atoms with Crippen LogP contribution in [-0.4, -0.2) is 41.7 Å². The summed E-state index contributed by atoms with van der Waals surface area (Å²) in [5, 5.41) is 12.0. The molecule has 0 aliphatic carbocycles. The number of aliphatic hydroxyl groups is 1. The summed E-state index contributed by atoms with van der Waals surface area (Å²) in [5.41, 5.74) is 1.54. The third kappa shape index (κ3) is 5.51. The number of aliphatic hydroxyl groups excluding tert-OH is 1. The first kappa shape index (κ1) is 17.7. The van der Waals surface area contributed by atoms with Crippen molar-refractivity contribution in [2.24, 2.45) is 5.92 Å². The summed E-state index contributed by atoms with van der Waals surface area (Å²) in [6.45, 7) is -0.312. The number of nitrogens with one attached hydrogen (secondary N) is 1. The molecule has 1 fully saturated rings. The summed E-state index contributed by atoms with van der Waals surface area (Å²) in [6.07, 6.45) is -3.05. The fourth-order valence-corrected chi connectivity index (χ4v) is 2.88. The summed E-state index contributed by atoms with van der Waals surface area (Å²) in [4.78, 5) is 13.5. The number of piperidine rings is 1. The lowest BCUT2D eigenvalue weighted by Crippen LogP contribution is -2.46. The molecule has 1 saturated heterocycles. The predicted octanol–water partition coefficient (Wildman–Crippen LogP) is 2.07. The number of rotatable bonds is 5. The standard InChI is InChI=1S/C16H21F3N2O2/c17-16(18,19)11-21-7-3-6-13(9-21)15(23)20-8-12-4-1-2-5-14(12)10-22/h1-2,4-5,13,22H,3,6-11H2,(H,20,23). The highest BCUT2D eigenvalue weighted by Gasteiger charge is 2.34. The number of nitrogens with zero attached hydrogens (tertiary/aromatic N) is 1. The van der Waals surface area contributed by atoms with Gasteiger partial charge in [0, 0.05) is 13.1 Å². The zero-order valence-electron chi connectivity index (χ0n) is 12.8.